The molecule has 324 valence electrons. The summed E-state index contributed by atoms with van der Waals surface area (Å²) in [5, 5.41) is 0.778. The van der Waals surface area contributed by atoms with Gasteiger partial charge in [-0.1, -0.05) is 130 Å². The van der Waals surface area contributed by atoms with Crippen molar-refractivity contribution >= 4 is 27.9 Å². The van der Waals surface area contributed by atoms with Gasteiger partial charge in [0.05, 0.1) is 6.61 Å². The lowest BCUT2D eigenvalue weighted by Crippen LogP contribution is -2.65. The lowest BCUT2D eigenvalue weighted by Gasteiger charge is -2.35. The normalized spacial score (nSPS) is 12.1. The molecule has 55 heavy (non-hydrogen) atoms. The Morgan fingerprint density at radius 3 is 1.35 bits per heavy atom. The van der Waals surface area contributed by atoms with Gasteiger partial charge in [0.25, 0.3) is 10.0 Å². The highest BCUT2D eigenvalue weighted by Crippen LogP contribution is 2.55. The molecule has 0 heterocycles. The fourth-order valence-electron chi connectivity index (χ4n) is 4.38. The smallest absolute Gasteiger partial charge is 0.460 e. The molecule has 0 unspecified atom stereocenters. The minimum Gasteiger partial charge on any atom is -0.478 e. The van der Waals surface area contributed by atoms with E-state index in [1.54, 1.807) is 0 Å². The SMILES string of the molecule is C=C(C)C(=O)OCCN(CC)S(=O)(=O)C(F)(F)C(F)(F)C(F)(F)C(F)(F)F.C=CC(=O)O.C=CC(=O)OCCCCCCCCCCCCCCCCCC. The molecule has 0 aromatic rings. The van der Waals surface area contributed by atoms with Crippen LogP contribution in [0.25, 0.3) is 0 Å². The van der Waals surface area contributed by atoms with E-state index in [2.05, 4.69) is 31.4 Å². The first-order valence-electron chi connectivity index (χ1n) is 18.0. The van der Waals surface area contributed by atoms with Crippen molar-refractivity contribution in [3.05, 3.63) is 37.5 Å². The summed E-state index contributed by atoms with van der Waals surface area (Å²) in [4.78, 5) is 31.2. The Morgan fingerprint density at radius 1 is 0.655 bits per heavy atom. The molecular formula is C36H58F9NO8S. The van der Waals surface area contributed by atoms with Gasteiger partial charge in [0.2, 0.25) is 0 Å². The average molecular weight is 836 g/mol. The number of hydrogen-bond acceptors (Lipinski definition) is 7. The summed E-state index contributed by atoms with van der Waals surface area (Å²) in [6, 6.07) is 0. The summed E-state index contributed by atoms with van der Waals surface area (Å²) in [7, 11) is -6.71. The lowest BCUT2D eigenvalue weighted by atomic mass is 10.0. The molecule has 0 radical (unpaired) electrons. The van der Waals surface area contributed by atoms with Crippen molar-refractivity contribution in [2.75, 3.05) is 26.3 Å². The predicted octanol–water partition coefficient (Wildman–Crippen LogP) is 10.4. The van der Waals surface area contributed by atoms with Gasteiger partial charge in [0.15, 0.2) is 0 Å². The van der Waals surface area contributed by atoms with E-state index in [4.69, 9.17) is 9.84 Å². The van der Waals surface area contributed by atoms with E-state index in [0.717, 1.165) is 26.3 Å². The standard InChI is InChI=1S/C21H40O2.C12H14F9NO4S.C3H4O2/c1-3-5-6-7-8-9-10-11-12-13-14-15-16-17-18-19-20-23-21(22)4-2;1-4-22(5-6-26-8(23)7(2)3)27(24,25)12(20,21)10(15,16)9(13,14)11(17,18)19;1-2-3(4)5/h4H,2-3,5-20H2,1H3;2,4-6H2,1,3H3;2H,1H2,(H,4,5). The van der Waals surface area contributed by atoms with Crippen molar-refractivity contribution in [1.82, 2.24) is 4.31 Å². The quantitative estimate of drug-likeness (QED) is 0.0357. The summed E-state index contributed by atoms with van der Waals surface area (Å²) < 4.78 is 148. The third-order valence-corrected chi connectivity index (χ3v) is 9.66. The molecule has 0 amide bonds. The number of ether oxygens (including phenoxy) is 2. The zero-order valence-electron chi connectivity index (χ0n) is 32.0. The maximum absolute atomic E-state index is 13.7. The minimum atomic E-state index is -7.34. The third-order valence-electron chi connectivity index (χ3n) is 7.64. The summed E-state index contributed by atoms with van der Waals surface area (Å²) in [5.74, 6) is -17.1. The number of aliphatic carboxylic acids is 1. The van der Waals surface area contributed by atoms with Crippen molar-refractivity contribution in [2.24, 2.45) is 0 Å². The molecule has 0 saturated heterocycles. The van der Waals surface area contributed by atoms with E-state index in [0.29, 0.717) is 6.61 Å². The number of hydrogen-bond donors (Lipinski definition) is 1. The van der Waals surface area contributed by atoms with Crippen molar-refractivity contribution in [1.29, 1.82) is 0 Å². The van der Waals surface area contributed by atoms with Crippen molar-refractivity contribution in [3.8, 4) is 0 Å². The van der Waals surface area contributed by atoms with Gasteiger partial charge >= 0.3 is 41.2 Å². The molecule has 0 saturated carbocycles. The molecule has 0 fully saturated rings. The number of carbonyl (C=O) groups excluding carboxylic acids is 2. The van der Waals surface area contributed by atoms with Crippen LogP contribution in [0.3, 0.4) is 0 Å². The molecule has 1 N–H and O–H groups in total. The van der Waals surface area contributed by atoms with Crippen LogP contribution in [0.1, 0.15) is 124 Å². The number of sulfonamides is 1. The molecule has 9 nitrogen and oxygen atoms in total. The molecule has 0 bridgehead atoms. The molecule has 0 rings (SSSR count). The lowest BCUT2D eigenvalue weighted by molar-refractivity contribution is -0.382. The molecule has 0 aliphatic carbocycles. The van der Waals surface area contributed by atoms with Crippen LogP contribution >= 0.6 is 0 Å². The van der Waals surface area contributed by atoms with Gasteiger partial charge in [-0.25, -0.2) is 22.8 Å². The van der Waals surface area contributed by atoms with Gasteiger partial charge < -0.3 is 14.6 Å². The fourth-order valence-corrected chi connectivity index (χ4v) is 5.81. The topological polar surface area (TPSA) is 127 Å². The Balaban J connectivity index is -0.000000882. The number of halogens is 9. The molecular weight excluding hydrogens is 777 g/mol. The van der Waals surface area contributed by atoms with Gasteiger partial charge in [-0.2, -0.15) is 43.8 Å². The van der Waals surface area contributed by atoms with E-state index in [9.17, 15) is 62.3 Å². The Morgan fingerprint density at radius 2 is 1.04 bits per heavy atom. The molecule has 0 aliphatic rings. The molecule has 0 spiro atoms. The maximum Gasteiger partial charge on any atom is 0.460 e. The van der Waals surface area contributed by atoms with Gasteiger partial charge in [-0.3, -0.25) is 0 Å². The highest BCUT2D eigenvalue weighted by Gasteiger charge is 2.85. The minimum absolute atomic E-state index is 0.192. The Hall–Kier alpha value is -3.09. The van der Waals surface area contributed by atoms with Crippen LogP contribution in [0.15, 0.2) is 37.5 Å². The number of carboxylic acid groups (broad SMARTS) is 1. The van der Waals surface area contributed by atoms with Crippen LogP contribution in [-0.4, -0.2) is 85.3 Å². The number of esters is 2. The van der Waals surface area contributed by atoms with Crippen LogP contribution in [-0.2, 0) is 33.9 Å². The molecule has 0 aliphatic heterocycles. The number of carboxylic acids is 1. The summed E-state index contributed by atoms with van der Waals surface area (Å²) in [5.41, 5.74) is -0.192. The fraction of sp³-hybridized carbons (Fsp3) is 0.750. The first-order valence-corrected chi connectivity index (χ1v) is 19.5. The van der Waals surface area contributed by atoms with Gasteiger partial charge in [-0.05, 0) is 13.3 Å². The van der Waals surface area contributed by atoms with E-state index in [1.165, 1.54) is 102 Å². The van der Waals surface area contributed by atoms with Crippen LogP contribution in [0.5, 0.6) is 0 Å². The highest BCUT2D eigenvalue weighted by atomic mass is 32.2. The Bertz CT molecular complexity index is 1240. The average Bonchev–Trinajstić information content (AvgIpc) is 3.10. The van der Waals surface area contributed by atoms with Crippen molar-refractivity contribution < 1.29 is 76.9 Å². The number of likely N-dealkylation sites (N-methyl/N-ethyl adjacent to an activating group) is 1. The van der Waals surface area contributed by atoms with E-state index < -0.39 is 69.2 Å². The van der Waals surface area contributed by atoms with Crippen molar-refractivity contribution in [3.63, 3.8) is 0 Å². The van der Waals surface area contributed by atoms with Gasteiger partial charge in [-0.15, -0.1) is 0 Å². The predicted molar refractivity (Wildman–Crippen MR) is 191 cm³/mol. The monoisotopic (exact) mass is 835 g/mol. The third kappa shape index (κ3) is 22.3. The summed E-state index contributed by atoms with van der Waals surface area (Å²) in [6.45, 7) is 11.1. The zero-order valence-corrected chi connectivity index (χ0v) is 32.8. The summed E-state index contributed by atoms with van der Waals surface area (Å²) >= 11 is 0. The van der Waals surface area contributed by atoms with Crippen LogP contribution in [0.4, 0.5) is 39.5 Å². The van der Waals surface area contributed by atoms with Gasteiger partial charge in [0, 0.05) is 30.8 Å². The summed E-state index contributed by atoms with van der Waals surface area (Å²) in [6.07, 6.45) is 16.7. The second kappa shape index (κ2) is 29.2. The van der Waals surface area contributed by atoms with Crippen molar-refractivity contribution in [2.45, 2.75) is 147 Å². The second-order valence-corrected chi connectivity index (χ2v) is 14.3. The van der Waals surface area contributed by atoms with Gasteiger partial charge in [0.1, 0.15) is 6.61 Å². The number of rotatable bonds is 28. The van der Waals surface area contributed by atoms with E-state index in [-0.39, 0.29) is 11.5 Å². The maximum atomic E-state index is 13.7. The highest BCUT2D eigenvalue weighted by molar-refractivity contribution is 7.90. The van der Waals surface area contributed by atoms with E-state index >= 15 is 0 Å². The number of unbranched alkanes of at least 4 members (excludes halogenated alkanes) is 15. The molecule has 0 atom stereocenters. The number of alkyl halides is 9. The Kier molecular flexibility index (Phi) is 29.9. The second-order valence-electron chi connectivity index (χ2n) is 12.3. The zero-order chi connectivity index (χ0) is 43.4. The Labute approximate surface area is 319 Å². The largest absolute Gasteiger partial charge is 0.478 e. The molecule has 19 heteroatoms. The van der Waals surface area contributed by atoms with Crippen LogP contribution < -0.4 is 0 Å². The van der Waals surface area contributed by atoms with Crippen LogP contribution in [0.2, 0.25) is 0 Å². The molecule has 0 aromatic carbocycles. The first-order chi connectivity index (χ1) is 25.4. The van der Waals surface area contributed by atoms with Crippen LogP contribution in [0, 0.1) is 0 Å². The van der Waals surface area contributed by atoms with E-state index in [1.807, 2.05) is 0 Å². The first kappa shape index (κ1) is 56.2. The number of nitrogens with zero attached hydrogens (tertiary/aromatic N) is 1. The molecule has 0 aromatic heterocycles. The number of carbonyl (C=O) groups is 3.